The summed E-state index contributed by atoms with van der Waals surface area (Å²) in [5, 5.41) is 24.1. The van der Waals surface area contributed by atoms with Gasteiger partial charge >= 0.3 is 6.09 Å². The Labute approximate surface area is 124 Å². The average molecular weight is 307 g/mol. The molecule has 0 atom stereocenters. The van der Waals surface area contributed by atoms with Crippen LogP contribution in [0.3, 0.4) is 0 Å². The van der Waals surface area contributed by atoms with Crippen LogP contribution in [0.4, 0.5) is 4.79 Å². The maximum Gasteiger partial charge on any atom is 0.407 e. The van der Waals surface area contributed by atoms with Gasteiger partial charge in [0.15, 0.2) is 0 Å². The Morgan fingerprint density at radius 3 is 2.95 bits per heavy atom. The standard InChI is InChI=1S/C13H11ClN4O3/c14-12-15-10-2-1-9(7-11(10)18(21)16-12)8-3-5-17(6-4-8)13(19)20/h1-3,7H,4-6H2,(H,19,20). The van der Waals surface area contributed by atoms with Crippen LogP contribution in [0.25, 0.3) is 16.6 Å². The molecule has 0 unspecified atom stereocenters. The first-order chi connectivity index (χ1) is 10.0. The third-order valence-corrected chi connectivity index (χ3v) is 3.58. The number of amides is 1. The second-order valence-electron chi connectivity index (χ2n) is 4.67. The normalized spacial score (nSPS) is 15.1. The van der Waals surface area contributed by atoms with Crippen LogP contribution in [-0.2, 0) is 0 Å². The Morgan fingerprint density at radius 2 is 2.29 bits per heavy atom. The van der Waals surface area contributed by atoms with E-state index < -0.39 is 6.09 Å². The Hall–Kier alpha value is -2.41. The first kappa shape index (κ1) is 13.6. The molecule has 0 radical (unpaired) electrons. The third kappa shape index (κ3) is 2.59. The number of rotatable bonds is 1. The number of hydrogen-bond acceptors (Lipinski definition) is 4. The van der Waals surface area contributed by atoms with Crippen molar-refractivity contribution < 1.29 is 14.7 Å². The van der Waals surface area contributed by atoms with E-state index in [-0.39, 0.29) is 5.28 Å². The topological polar surface area (TPSA) is 93.3 Å². The van der Waals surface area contributed by atoms with Gasteiger partial charge < -0.3 is 15.2 Å². The molecule has 1 N–H and O–H groups in total. The minimum absolute atomic E-state index is 0.0979. The lowest BCUT2D eigenvalue weighted by Crippen LogP contribution is -2.33. The Kier molecular flexibility index (Phi) is 3.34. The maximum absolute atomic E-state index is 11.8. The largest absolute Gasteiger partial charge is 0.594 e. The van der Waals surface area contributed by atoms with Crippen molar-refractivity contribution in [3.63, 3.8) is 0 Å². The second-order valence-corrected chi connectivity index (χ2v) is 5.00. The highest BCUT2D eigenvalue weighted by atomic mass is 35.5. The molecule has 7 nitrogen and oxygen atoms in total. The fraction of sp³-hybridized carbons (Fsp3) is 0.231. The van der Waals surface area contributed by atoms with Gasteiger partial charge in [0, 0.05) is 24.3 Å². The van der Waals surface area contributed by atoms with Crippen LogP contribution < -0.4 is 4.85 Å². The molecule has 1 amide bonds. The van der Waals surface area contributed by atoms with Crippen LogP contribution in [0.15, 0.2) is 24.3 Å². The summed E-state index contributed by atoms with van der Waals surface area (Å²) in [6.07, 6.45) is 1.53. The summed E-state index contributed by atoms with van der Waals surface area (Å²) in [6.45, 7) is 0.783. The second kappa shape index (κ2) is 5.17. The zero-order chi connectivity index (χ0) is 15.0. The van der Waals surface area contributed by atoms with Gasteiger partial charge in [-0.15, -0.1) is 0 Å². The maximum atomic E-state index is 11.8. The van der Waals surface area contributed by atoms with Crippen LogP contribution in [0.1, 0.15) is 12.0 Å². The highest BCUT2D eigenvalue weighted by molar-refractivity contribution is 6.28. The van der Waals surface area contributed by atoms with Crippen LogP contribution in [0.2, 0.25) is 5.28 Å². The van der Waals surface area contributed by atoms with Gasteiger partial charge in [0.1, 0.15) is 5.52 Å². The summed E-state index contributed by atoms with van der Waals surface area (Å²) in [5.74, 6) is 0. The fourth-order valence-electron chi connectivity index (χ4n) is 2.33. The van der Waals surface area contributed by atoms with Gasteiger partial charge in [0.25, 0.3) is 10.8 Å². The average Bonchev–Trinajstić information content (AvgIpc) is 2.47. The molecule has 108 valence electrons. The molecule has 1 aromatic carbocycles. The zero-order valence-corrected chi connectivity index (χ0v) is 11.6. The number of fused-ring (bicyclic) bond motifs is 1. The number of aromatic nitrogens is 3. The number of hydrogen-bond donors (Lipinski definition) is 1. The van der Waals surface area contributed by atoms with E-state index in [2.05, 4.69) is 10.1 Å². The van der Waals surface area contributed by atoms with Crippen LogP contribution >= 0.6 is 11.6 Å². The Morgan fingerprint density at radius 1 is 1.48 bits per heavy atom. The van der Waals surface area contributed by atoms with Gasteiger partial charge in [-0.1, -0.05) is 12.1 Å². The predicted octanol–water partition coefficient (Wildman–Crippen LogP) is 1.68. The zero-order valence-electron chi connectivity index (χ0n) is 10.9. The van der Waals surface area contributed by atoms with Crippen molar-refractivity contribution >= 4 is 34.3 Å². The van der Waals surface area contributed by atoms with E-state index in [0.29, 0.717) is 35.4 Å². The van der Waals surface area contributed by atoms with Gasteiger partial charge in [0.2, 0.25) is 0 Å². The molecule has 1 aromatic heterocycles. The van der Waals surface area contributed by atoms with Crippen molar-refractivity contribution in [2.75, 3.05) is 13.1 Å². The molecular formula is C13H11ClN4O3. The van der Waals surface area contributed by atoms with Gasteiger partial charge in [-0.3, -0.25) is 0 Å². The monoisotopic (exact) mass is 306 g/mol. The van der Waals surface area contributed by atoms with Gasteiger partial charge in [-0.05, 0) is 40.1 Å². The van der Waals surface area contributed by atoms with Crippen molar-refractivity contribution in [3.8, 4) is 0 Å². The molecule has 0 aliphatic carbocycles. The lowest BCUT2D eigenvalue weighted by atomic mass is 9.99. The van der Waals surface area contributed by atoms with Crippen LogP contribution in [0.5, 0.6) is 0 Å². The summed E-state index contributed by atoms with van der Waals surface area (Å²) in [4.78, 5) is 16.6. The van der Waals surface area contributed by atoms with E-state index in [1.54, 1.807) is 12.1 Å². The molecular weight excluding hydrogens is 296 g/mol. The van der Waals surface area contributed by atoms with E-state index >= 15 is 0 Å². The third-order valence-electron chi connectivity index (χ3n) is 3.42. The number of halogens is 1. The van der Waals surface area contributed by atoms with E-state index in [1.165, 1.54) is 4.90 Å². The summed E-state index contributed by atoms with van der Waals surface area (Å²) in [5.41, 5.74) is 2.67. The number of nitrogens with zero attached hydrogens (tertiary/aromatic N) is 4. The predicted molar refractivity (Wildman–Crippen MR) is 75.7 cm³/mol. The number of benzene rings is 1. The lowest BCUT2D eigenvalue weighted by Gasteiger charge is -2.23. The molecule has 3 rings (SSSR count). The smallest absolute Gasteiger partial charge is 0.407 e. The fourth-order valence-corrected chi connectivity index (χ4v) is 2.49. The highest BCUT2D eigenvalue weighted by Gasteiger charge is 2.18. The molecule has 1 aliphatic heterocycles. The van der Waals surface area contributed by atoms with E-state index in [0.717, 1.165) is 11.1 Å². The minimum atomic E-state index is -0.927. The summed E-state index contributed by atoms with van der Waals surface area (Å²) >= 11 is 5.64. The van der Waals surface area contributed by atoms with Crippen LogP contribution in [-0.4, -0.2) is 39.3 Å². The van der Waals surface area contributed by atoms with E-state index in [9.17, 15) is 10.0 Å². The van der Waals surface area contributed by atoms with Gasteiger partial charge in [0.05, 0.1) is 0 Å². The first-order valence-electron chi connectivity index (χ1n) is 6.29. The molecule has 0 saturated heterocycles. The van der Waals surface area contributed by atoms with Crippen molar-refractivity contribution in [1.29, 1.82) is 0 Å². The van der Waals surface area contributed by atoms with Gasteiger partial charge in [-0.25, -0.2) is 9.78 Å². The summed E-state index contributed by atoms with van der Waals surface area (Å²) in [7, 11) is 0. The van der Waals surface area contributed by atoms with Crippen molar-refractivity contribution in [1.82, 2.24) is 15.0 Å². The molecule has 0 saturated carbocycles. The highest BCUT2D eigenvalue weighted by Crippen LogP contribution is 2.24. The van der Waals surface area contributed by atoms with E-state index in [1.807, 2.05) is 12.1 Å². The molecule has 0 spiro atoms. The molecule has 0 bridgehead atoms. The number of carbonyl (C=O) groups is 1. The Balaban J connectivity index is 1.97. The molecule has 1 aliphatic rings. The summed E-state index contributed by atoms with van der Waals surface area (Å²) in [6, 6.07) is 5.24. The summed E-state index contributed by atoms with van der Waals surface area (Å²) < 4.78 is 0. The molecule has 21 heavy (non-hydrogen) atoms. The van der Waals surface area contributed by atoms with Crippen molar-refractivity contribution in [3.05, 3.63) is 40.3 Å². The van der Waals surface area contributed by atoms with Crippen molar-refractivity contribution in [2.24, 2.45) is 0 Å². The quantitative estimate of drug-likeness (QED) is 0.639. The van der Waals surface area contributed by atoms with Gasteiger partial charge in [-0.2, -0.15) is 0 Å². The Bertz CT molecular complexity index is 762. The SMILES string of the molecule is O=C(O)N1CC=C(c2ccc3nc(Cl)n[n+]([O-])c3c2)CC1. The molecule has 2 aromatic rings. The van der Waals surface area contributed by atoms with Crippen molar-refractivity contribution in [2.45, 2.75) is 6.42 Å². The lowest BCUT2D eigenvalue weighted by molar-refractivity contribution is -0.642. The number of carboxylic acid groups (broad SMARTS) is 1. The molecule has 0 fully saturated rings. The molecule has 8 heteroatoms. The van der Waals surface area contributed by atoms with Crippen LogP contribution in [0, 0.1) is 5.21 Å². The molecule has 2 heterocycles. The first-order valence-corrected chi connectivity index (χ1v) is 6.67. The van der Waals surface area contributed by atoms with E-state index in [4.69, 9.17) is 16.7 Å². The minimum Gasteiger partial charge on any atom is -0.594 e.